The van der Waals surface area contributed by atoms with Crippen molar-refractivity contribution in [3.8, 4) is 10.6 Å². The standard InChI is InChI=1S/C30H36FN7OS/c1-3-20-23-26(30(14-34-27(23)39)10-6-5-7-11-30)40-25(20)24-21(31)13-33-28(36-24)35-22-9-8-19(12-32-22)38-17-29(18-38)15-37(4-2)16-29/h8-9,12-13H,3-7,10-11,14-18H2,1-2H3,(H,34,39)(H,32,33,35,36). The predicted molar refractivity (Wildman–Crippen MR) is 156 cm³/mol. The van der Waals surface area contributed by atoms with Crippen molar-refractivity contribution in [2.75, 3.05) is 49.5 Å². The molecule has 3 aliphatic heterocycles. The molecule has 0 radical (unpaired) electrons. The summed E-state index contributed by atoms with van der Waals surface area (Å²) < 4.78 is 15.3. The van der Waals surface area contributed by atoms with E-state index in [0.717, 1.165) is 71.9 Å². The first kappa shape index (κ1) is 25.8. The Bertz CT molecular complexity index is 1430. The molecule has 1 saturated carbocycles. The second-order valence-electron chi connectivity index (χ2n) is 12.1. The van der Waals surface area contributed by atoms with Crippen LogP contribution in [-0.4, -0.2) is 65.0 Å². The number of fused-ring (bicyclic) bond motifs is 2. The molecule has 210 valence electrons. The normalized spacial score (nSPS) is 21.1. The summed E-state index contributed by atoms with van der Waals surface area (Å²) in [7, 11) is 0. The summed E-state index contributed by atoms with van der Waals surface area (Å²) >= 11 is 1.56. The van der Waals surface area contributed by atoms with Crippen LogP contribution >= 0.6 is 11.3 Å². The van der Waals surface area contributed by atoms with Crippen LogP contribution in [0.25, 0.3) is 10.6 Å². The molecule has 4 aliphatic rings. The maximum atomic E-state index is 15.3. The third-order valence-corrected chi connectivity index (χ3v) is 10.9. The van der Waals surface area contributed by atoms with Gasteiger partial charge in [-0.2, -0.15) is 0 Å². The van der Waals surface area contributed by atoms with Gasteiger partial charge in [0.1, 0.15) is 11.5 Å². The van der Waals surface area contributed by atoms with Crippen molar-refractivity contribution >= 4 is 34.7 Å². The molecule has 6 heterocycles. The molecule has 40 heavy (non-hydrogen) atoms. The number of rotatable bonds is 6. The van der Waals surface area contributed by atoms with Crippen molar-refractivity contribution in [2.24, 2.45) is 5.41 Å². The lowest BCUT2D eigenvalue weighted by Gasteiger charge is -2.61. The van der Waals surface area contributed by atoms with E-state index in [4.69, 9.17) is 0 Å². The van der Waals surface area contributed by atoms with E-state index >= 15 is 4.39 Å². The lowest BCUT2D eigenvalue weighted by molar-refractivity contribution is -0.0178. The summed E-state index contributed by atoms with van der Waals surface area (Å²) in [5.74, 6) is 0.374. The van der Waals surface area contributed by atoms with E-state index in [1.807, 2.05) is 19.2 Å². The Balaban J connectivity index is 1.13. The Morgan fingerprint density at radius 1 is 1.07 bits per heavy atom. The zero-order valence-corrected chi connectivity index (χ0v) is 24.0. The van der Waals surface area contributed by atoms with Crippen molar-refractivity contribution in [2.45, 2.75) is 57.8 Å². The van der Waals surface area contributed by atoms with Crippen LogP contribution in [0.3, 0.4) is 0 Å². The molecule has 0 bridgehead atoms. The van der Waals surface area contributed by atoms with E-state index in [0.29, 0.717) is 30.1 Å². The molecular weight excluding hydrogens is 525 g/mol. The van der Waals surface area contributed by atoms with E-state index in [2.05, 4.69) is 48.4 Å². The maximum Gasteiger partial charge on any atom is 0.252 e. The molecule has 2 N–H and O–H groups in total. The van der Waals surface area contributed by atoms with E-state index in [-0.39, 0.29) is 17.0 Å². The molecule has 3 aromatic heterocycles. The van der Waals surface area contributed by atoms with Crippen LogP contribution in [0.1, 0.15) is 66.8 Å². The Morgan fingerprint density at radius 2 is 1.88 bits per heavy atom. The van der Waals surface area contributed by atoms with Crippen molar-refractivity contribution in [1.82, 2.24) is 25.2 Å². The van der Waals surface area contributed by atoms with Crippen molar-refractivity contribution in [1.29, 1.82) is 0 Å². The number of nitrogens with one attached hydrogen (secondary N) is 2. The van der Waals surface area contributed by atoms with E-state index in [9.17, 15) is 4.79 Å². The van der Waals surface area contributed by atoms with Crippen LogP contribution in [0, 0.1) is 11.2 Å². The average Bonchev–Trinajstić information content (AvgIpc) is 3.33. The molecule has 8 nitrogen and oxygen atoms in total. The van der Waals surface area contributed by atoms with Gasteiger partial charge in [0.15, 0.2) is 5.82 Å². The molecule has 3 aromatic rings. The smallest absolute Gasteiger partial charge is 0.252 e. The molecule has 7 rings (SSSR count). The highest BCUT2D eigenvalue weighted by Gasteiger charge is 2.51. The highest BCUT2D eigenvalue weighted by atomic mass is 32.1. The lowest BCUT2D eigenvalue weighted by Crippen LogP contribution is -2.72. The third-order valence-electron chi connectivity index (χ3n) is 9.40. The molecule has 0 aromatic carbocycles. The van der Waals surface area contributed by atoms with Crippen molar-refractivity contribution < 1.29 is 9.18 Å². The van der Waals surface area contributed by atoms with Gasteiger partial charge in [-0.15, -0.1) is 11.3 Å². The summed E-state index contributed by atoms with van der Waals surface area (Å²) in [6, 6.07) is 3.98. The quantitative estimate of drug-likeness (QED) is 0.431. The van der Waals surface area contributed by atoms with Crippen LogP contribution in [0.5, 0.6) is 0 Å². The fourth-order valence-corrected chi connectivity index (χ4v) is 8.90. The molecule has 1 amide bonds. The molecule has 0 atom stereocenters. The SMILES string of the molecule is CCc1c(-c2nc(Nc3ccc(N4CC5(CN(CC)C5)C4)cn3)ncc2F)sc2c1C(=O)NCC21CCCCC1. The van der Waals surface area contributed by atoms with E-state index in [1.54, 1.807) is 11.3 Å². The number of hydrogen-bond acceptors (Lipinski definition) is 8. The number of hydrogen-bond donors (Lipinski definition) is 2. The van der Waals surface area contributed by atoms with Crippen LogP contribution in [0.4, 0.5) is 21.8 Å². The molecule has 2 spiro atoms. The molecule has 10 heteroatoms. The lowest BCUT2D eigenvalue weighted by atomic mass is 9.70. The summed E-state index contributed by atoms with van der Waals surface area (Å²) in [6.07, 6.45) is 9.37. The van der Waals surface area contributed by atoms with E-state index < -0.39 is 5.82 Å². The Kier molecular flexibility index (Phi) is 6.31. The fourth-order valence-electron chi connectivity index (χ4n) is 7.28. The maximum absolute atomic E-state index is 15.3. The number of amides is 1. The summed E-state index contributed by atoms with van der Waals surface area (Å²) in [4.78, 5) is 33.2. The van der Waals surface area contributed by atoms with Gasteiger partial charge in [-0.05, 0) is 43.5 Å². The second kappa shape index (κ2) is 9.76. The number of anilines is 3. The van der Waals surface area contributed by atoms with Gasteiger partial charge in [0.05, 0.1) is 28.5 Å². The number of likely N-dealkylation sites (tertiary alicyclic amines) is 1. The van der Waals surface area contributed by atoms with Crippen LogP contribution in [-0.2, 0) is 11.8 Å². The molecular formula is C30H36FN7OS. The highest BCUT2D eigenvalue weighted by molar-refractivity contribution is 7.16. The number of carbonyl (C=O) groups is 1. The largest absolute Gasteiger partial charge is 0.369 e. The minimum atomic E-state index is -0.482. The van der Waals surface area contributed by atoms with Gasteiger partial charge in [-0.3, -0.25) is 4.79 Å². The summed E-state index contributed by atoms with van der Waals surface area (Å²) in [5, 5.41) is 6.31. The summed E-state index contributed by atoms with van der Waals surface area (Å²) in [5.41, 5.74) is 3.40. The number of pyridine rings is 1. The Hall–Kier alpha value is -3.11. The van der Waals surface area contributed by atoms with Gasteiger partial charge in [-0.25, -0.2) is 19.3 Å². The molecule has 3 fully saturated rings. The topological polar surface area (TPSA) is 86.3 Å². The number of halogens is 1. The number of carbonyl (C=O) groups excluding carboxylic acids is 1. The zero-order valence-electron chi connectivity index (χ0n) is 23.2. The fraction of sp³-hybridized carbons (Fsp3) is 0.533. The van der Waals surface area contributed by atoms with Crippen molar-refractivity contribution in [3.05, 3.63) is 46.3 Å². The van der Waals surface area contributed by atoms with Gasteiger partial charge in [0.2, 0.25) is 5.95 Å². The first-order valence-corrected chi connectivity index (χ1v) is 15.4. The van der Waals surface area contributed by atoms with Crippen LogP contribution < -0.4 is 15.5 Å². The van der Waals surface area contributed by atoms with Crippen molar-refractivity contribution in [3.63, 3.8) is 0 Å². The predicted octanol–water partition coefficient (Wildman–Crippen LogP) is 5.13. The zero-order chi connectivity index (χ0) is 27.5. The third kappa shape index (κ3) is 4.18. The monoisotopic (exact) mass is 561 g/mol. The van der Waals surface area contributed by atoms with Crippen LogP contribution in [0.2, 0.25) is 0 Å². The highest BCUT2D eigenvalue weighted by Crippen LogP contribution is 2.50. The first-order chi connectivity index (χ1) is 19.4. The Labute approximate surface area is 238 Å². The van der Waals surface area contributed by atoms with Crippen LogP contribution in [0.15, 0.2) is 24.5 Å². The average molecular weight is 562 g/mol. The second-order valence-corrected chi connectivity index (χ2v) is 13.1. The first-order valence-electron chi connectivity index (χ1n) is 14.6. The van der Waals surface area contributed by atoms with E-state index in [1.165, 1.54) is 25.7 Å². The molecule has 1 aliphatic carbocycles. The molecule has 0 unspecified atom stereocenters. The van der Waals surface area contributed by atoms with Gasteiger partial charge < -0.3 is 20.4 Å². The van der Waals surface area contributed by atoms with Gasteiger partial charge in [0, 0.05) is 48.4 Å². The molecule has 2 saturated heterocycles. The minimum absolute atomic E-state index is 0.0456. The Morgan fingerprint density at radius 3 is 2.58 bits per heavy atom. The number of nitrogens with zero attached hydrogens (tertiary/aromatic N) is 5. The van der Waals surface area contributed by atoms with Gasteiger partial charge in [-0.1, -0.05) is 33.1 Å². The van der Waals surface area contributed by atoms with Gasteiger partial charge in [0.25, 0.3) is 5.91 Å². The minimum Gasteiger partial charge on any atom is -0.369 e. The summed E-state index contributed by atoms with van der Waals surface area (Å²) in [6.45, 7) is 10.6. The van der Waals surface area contributed by atoms with Gasteiger partial charge >= 0.3 is 0 Å². The number of thiophene rings is 1. The number of aromatic nitrogens is 3.